The zero-order valence-electron chi connectivity index (χ0n) is 25.6. The maximum Gasteiger partial charge on any atom is 0.252 e. The summed E-state index contributed by atoms with van der Waals surface area (Å²) in [5.74, 6) is -0.639. The van der Waals surface area contributed by atoms with Gasteiger partial charge in [-0.1, -0.05) is 11.8 Å². The van der Waals surface area contributed by atoms with Crippen LogP contribution in [-0.2, 0) is 11.2 Å². The largest absolute Gasteiger partial charge is 0.356 e. The van der Waals surface area contributed by atoms with Gasteiger partial charge in [-0.2, -0.15) is 5.10 Å². The van der Waals surface area contributed by atoms with Gasteiger partial charge in [0, 0.05) is 34.0 Å². The molecule has 234 valence electrons. The lowest BCUT2D eigenvalue weighted by Gasteiger charge is -2.23. The molecule has 1 aliphatic carbocycles. The number of benzene rings is 2. The highest BCUT2D eigenvalue weighted by Gasteiger charge is 2.26. The van der Waals surface area contributed by atoms with Gasteiger partial charge < -0.3 is 15.0 Å². The van der Waals surface area contributed by atoms with Crippen LogP contribution < -0.4 is 5.32 Å². The number of pyridine rings is 1. The number of halogens is 1. The van der Waals surface area contributed by atoms with Crippen molar-refractivity contribution in [1.82, 2.24) is 25.0 Å². The van der Waals surface area contributed by atoms with Crippen LogP contribution in [0.15, 0.2) is 64.5 Å². The molecule has 1 amide bonds. The minimum absolute atomic E-state index is 0.133. The lowest BCUT2D eigenvalue weighted by atomic mass is 10.1. The molecule has 7 nitrogen and oxygen atoms in total. The SMILES string of the molecule is O=C(NC1CC1)c1cc(F)ccc1Sc1ccc2c(/C=C/c3cc(CCCN4CCCC4)ccn3)nn(C3CCCCO3)c2c1. The van der Waals surface area contributed by atoms with Gasteiger partial charge in [-0.3, -0.25) is 9.78 Å². The van der Waals surface area contributed by atoms with Crippen molar-refractivity contribution in [2.75, 3.05) is 26.2 Å². The van der Waals surface area contributed by atoms with E-state index in [1.54, 1.807) is 6.07 Å². The topological polar surface area (TPSA) is 72.3 Å². The summed E-state index contributed by atoms with van der Waals surface area (Å²) in [5, 5.41) is 9.06. The van der Waals surface area contributed by atoms with Gasteiger partial charge in [-0.05, 0) is 144 Å². The maximum absolute atomic E-state index is 14.2. The number of hydrogen-bond acceptors (Lipinski definition) is 6. The Morgan fingerprint density at radius 2 is 1.91 bits per heavy atom. The van der Waals surface area contributed by atoms with E-state index in [0.717, 1.165) is 90.2 Å². The Hall–Kier alpha value is -3.53. The molecule has 4 aromatic rings. The summed E-state index contributed by atoms with van der Waals surface area (Å²) in [4.78, 5) is 21.8. The molecule has 1 saturated carbocycles. The predicted octanol–water partition coefficient (Wildman–Crippen LogP) is 7.51. The summed E-state index contributed by atoms with van der Waals surface area (Å²) in [6, 6.07) is 15.2. The minimum atomic E-state index is -0.415. The molecule has 7 rings (SSSR count). The van der Waals surface area contributed by atoms with E-state index in [-0.39, 0.29) is 18.2 Å². The van der Waals surface area contributed by atoms with Gasteiger partial charge in [0.25, 0.3) is 5.91 Å². The molecule has 1 unspecified atom stereocenters. The molecule has 3 fully saturated rings. The molecule has 2 aromatic heterocycles. The van der Waals surface area contributed by atoms with Crippen molar-refractivity contribution in [2.24, 2.45) is 0 Å². The van der Waals surface area contributed by atoms with Gasteiger partial charge in [0.05, 0.1) is 22.5 Å². The number of hydrogen-bond donors (Lipinski definition) is 1. The van der Waals surface area contributed by atoms with Crippen molar-refractivity contribution in [2.45, 2.75) is 79.8 Å². The van der Waals surface area contributed by atoms with Crippen LogP contribution in [0, 0.1) is 5.82 Å². The molecule has 9 heteroatoms. The third-order valence-electron chi connectivity index (χ3n) is 8.86. The minimum Gasteiger partial charge on any atom is -0.356 e. The molecular formula is C36H40FN5O2S. The Bertz CT molecular complexity index is 1690. The monoisotopic (exact) mass is 625 g/mol. The first kappa shape index (κ1) is 30.1. The molecule has 4 heterocycles. The van der Waals surface area contributed by atoms with E-state index in [1.807, 2.05) is 29.1 Å². The van der Waals surface area contributed by atoms with Crippen molar-refractivity contribution in [3.63, 3.8) is 0 Å². The summed E-state index contributed by atoms with van der Waals surface area (Å²) in [6.07, 6.45) is 15.7. The Morgan fingerprint density at radius 3 is 2.73 bits per heavy atom. The standard InChI is InChI=1S/C36H40FN5O2S/c37-26-8-15-34(31(23-26)36(43)39-27-9-10-27)45-29-12-13-30-32(40-42(33(30)24-29)35-7-1-4-21-44-35)14-11-28-22-25(16-17-38-28)6-5-20-41-18-2-3-19-41/h8,11-17,22-24,27,35H,1-7,9-10,18-21H2,(H,39,43)/b14-11+. The molecule has 2 aliphatic heterocycles. The van der Waals surface area contributed by atoms with E-state index in [9.17, 15) is 9.18 Å². The first-order valence-corrected chi connectivity index (χ1v) is 17.2. The van der Waals surface area contributed by atoms with E-state index < -0.39 is 5.82 Å². The number of rotatable bonds is 11. The van der Waals surface area contributed by atoms with Crippen molar-refractivity contribution >= 4 is 40.7 Å². The quantitative estimate of drug-likeness (QED) is 0.186. The molecule has 2 saturated heterocycles. The van der Waals surface area contributed by atoms with Gasteiger partial charge in [-0.25, -0.2) is 9.07 Å². The van der Waals surface area contributed by atoms with Crippen LogP contribution in [-0.4, -0.2) is 57.9 Å². The molecule has 1 atom stereocenters. The van der Waals surface area contributed by atoms with E-state index in [1.165, 1.54) is 55.4 Å². The van der Waals surface area contributed by atoms with Gasteiger partial charge >= 0.3 is 0 Å². The average Bonchev–Trinajstić information content (AvgIpc) is 3.57. The summed E-state index contributed by atoms with van der Waals surface area (Å²) in [6.45, 7) is 4.36. The molecule has 45 heavy (non-hydrogen) atoms. The van der Waals surface area contributed by atoms with Crippen LogP contribution in [0.1, 0.15) is 84.9 Å². The molecule has 2 aromatic carbocycles. The number of carbonyl (C=O) groups excluding carboxylic acids is 1. The highest BCUT2D eigenvalue weighted by molar-refractivity contribution is 7.99. The molecule has 0 spiro atoms. The van der Waals surface area contributed by atoms with Crippen molar-refractivity contribution in [3.8, 4) is 0 Å². The molecule has 0 radical (unpaired) electrons. The number of ether oxygens (including phenoxy) is 1. The van der Waals surface area contributed by atoms with Gasteiger partial charge in [0.1, 0.15) is 5.82 Å². The highest BCUT2D eigenvalue weighted by atomic mass is 32.2. The lowest BCUT2D eigenvalue weighted by molar-refractivity contribution is -0.0367. The van der Waals surface area contributed by atoms with E-state index >= 15 is 0 Å². The predicted molar refractivity (Wildman–Crippen MR) is 177 cm³/mol. The molecule has 0 bridgehead atoms. The van der Waals surface area contributed by atoms with E-state index in [4.69, 9.17) is 9.84 Å². The fourth-order valence-electron chi connectivity index (χ4n) is 6.27. The van der Waals surface area contributed by atoms with Gasteiger partial charge in [0.15, 0.2) is 6.23 Å². The smallest absolute Gasteiger partial charge is 0.252 e. The normalized spacial score (nSPS) is 19.1. The second kappa shape index (κ2) is 13.8. The van der Waals surface area contributed by atoms with Gasteiger partial charge in [0.2, 0.25) is 0 Å². The molecule has 1 N–H and O–H groups in total. The maximum atomic E-state index is 14.2. The number of aryl methyl sites for hydroxylation is 1. The zero-order chi connectivity index (χ0) is 30.6. The lowest BCUT2D eigenvalue weighted by Crippen LogP contribution is -2.26. The third kappa shape index (κ3) is 7.48. The van der Waals surface area contributed by atoms with Crippen LogP contribution in [0.5, 0.6) is 0 Å². The van der Waals surface area contributed by atoms with Crippen molar-refractivity contribution in [3.05, 3.63) is 83.1 Å². The van der Waals surface area contributed by atoms with Crippen LogP contribution in [0.3, 0.4) is 0 Å². The fourth-order valence-corrected chi connectivity index (χ4v) is 7.23. The van der Waals surface area contributed by atoms with Crippen LogP contribution in [0.4, 0.5) is 4.39 Å². The number of nitrogens with one attached hydrogen (secondary N) is 1. The van der Waals surface area contributed by atoms with Crippen molar-refractivity contribution in [1.29, 1.82) is 0 Å². The highest BCUT2D eigenvalue weighted by Crippen LogP contribution is 2.36. The van der Waals surface area contributed by atoms with Crippen LogP contribution >= 0.6 is 11.8 Å². The Labute approximate surface area is 268 Å². The summed E-state index contributed by atoms with van der Waals surface area (Å²) in [5.41, 5.74) is 4.43. The van der Waals surface area contributed by atoms with Gasteiger partial charge in [-0.15, -0.1) is 0 Å². The number of aromatic nitrogens is 3. The Balaban J connectivity index is 1.14. The second-order valence-electron chi connectivity index (χ2n) is 12.4. The fraction of sp³-hybridized carbons (Fsp3) is 0.417. The number of nitrogens with zero attached hydrogens (tertiary/aromatic N) is 4. The van der Waals surface area contributed by atoms with E-state index in [2.05, 4.69) is 39.5 Å². The number of likely N-dealkylation sites (tertiary alicyclic amines) is 1. The molecule has 3 aliphatic rings. The zero-order valence-corrected chi connectivity index (χ0v) is 26.4. The summed E-state index contributed by atoms with van der Waals surface area (Å²) >= 11 is 1.46. The first-order valence-electron chi connectivity index (χ1n) is 16.4. The van der Waals surface area contributed by atoms with Crippen LogP contribution in [0.25, 0.3) is 23.1 Å². The summed E-state index contributed by atoms with van der Waals surface area (Å²) < 4.78 is 22.3. The molecular weight excluding hydrogens is 585 g/mol. The Kier molecular flexibility index (Phi) is 9.28. The third-order valence-corrected chi connectivity index (χ3v) is 9.92. The number of carbonyl (C=O) groups is 1. The van der Waals surface area contributed by atoms with E-state index in [0.29, 0.717) is 5.56 Å². The summed E-state index contributed by atoms with van der Waals surface area (Å²) in [7, 11) is 0. The Morgan fingerprint density at radius 1 is 1.02 bits per heavy atom. The van der Waals surface area contributed by atoms with Crippen molar-refractivity contribution < 1.29 is 13.9 Å². The average molecular weight is 626 g/mol. The van der Waals surface area contributed by atoms with Crippen LogP contribution in [0.2, 0.25) is 0 Å². The number of fused-ring (bicyclic) bond motifs is 1. The first-order chi connectivity index (χ1) is 22.1. The number of amides is 1. The second-order valence-corrected chi connectivity index (χ2v) is 13.5.